The summed E-state index contributed by atoms with van der Waals surface area (Å²) in [4.78, 5) is 21.8. The predicted molar refractivity (Wildman–Crippen MR) is 60.5 cm³/mol. The Morgan fingerprint density at radius 3 is 1.76 bits per heavy atom. The van der Waals surface area contributed by atoms with Crippen molar-refractivity contribution in [3.8, 4) is 0 Å². The summed E-state index contributed by atoms with van der Waals surface area (Å²) in [6.07, 6.45) is 6.42. The average Bonchev–Trinajstić information content (AvgIpc) is 2.12. The Bertz CT molecular complexity index is 368. The summed E-state index contributed by atoms with van der Waals surface area (Å²) >= 11 is 0. The monoisotopic (exact) mass is 236 g/mol. The van der Waals surface area contributed by atoms with Gasteiger partial charge in [0.25, 0.3) is 0 Å². The summed E-state index contributed by atoms with van der Waals surface area (Å²) in [5, 5.41) is 0. The van der Waals surface area contributed by atoms with Gasteiger partial charge in [-0.2, -0.15) is 0 Å². The molecule has 0 spiro atoms. The molecule has 2 atom stereocenters. The minimum absolute atomic E-state index is 0.277. The van der Waals surface area contributed by atoms with Crippen LogP contribution < -0.4 is 0 Å². The molecule has 0 aromatic heterocycles. The van der Waals surface area contributed by atoms with Crippen LogP contribution in [-0.4, -0.2) is 11.9 Å². The zero-order chi connectivity index (χ0) is 12.4. The molecule has 4 nitrogen and oxygen atoms in total. The fourth-order valence-corrected chi connectivity index (χ4v) is 2.51. The fraction of sp³-hybridized carbons (Fsp3) is 0.538. The molecule has 0 N–H and O–H groups in total. The van der Waals surface area contributed by atoms with Crippen LogP contribution in [0, 0.1) is 11.8 Å². The summed E-state index contributed by atoms with van der Waals surface area (Å²) in [5.74, 6) is 1.56. The quantitative estimate of drug-likeness (QED) is 0.690. The van der Waals surface area contributed by atoms with E-state index >= 15 is 0 Å². The van der Waals surface area contributed by atoms with Gasteiger partial charge in [0.2, 0.25) is 0 Å². The molecule has 2 bridgehead atoms. The van der Waals surface area contributed by atoms with Crippen molar-refractivity contribution in [1.29, 1.82) is 0 Å². The van der Waals surface area contributed by atoms with Crippen LogP contribution in [0.3, 0.4) is 0 Å². The molecule has 0 heterocycles. The van der Waals surface area contributed by atoms with Crippen molar-refractivity contribution in [3.05, 3.63) is 23.7 Å². The second kappa shape index (κ2) is 4.73. The molecule has 0 aromatic rings. The van der Waals surface area contributed by atoms with Crippen LogP contribution in [0.1, 0.15) is 33.1 Å². The summed E-state index contributed by atoms with van der Waals surface area (Å²) in [6, 6.07) is 0. The number of hydrogen-bond donors (Lipinski definition) is 0. The number of carbonyl (C=O) groups excluding carboxylic acids is 2. The third kappa shape index (κ3) is 3.19. The second-order valence-electron chi connectivity index (χ2n) is 4.62. The zero-order valence-corrected chi connectivity index (χ0v) is 10.1. The predicted octanol–water partition coefficient (Wildman–Crippen LogP) is 2.31. The maximum absolute atomic E-state index is 10.9. The molecule has 0 saturated heterocycles. The number of carbonyl (C=O) groups is 2. The van der Waals surface area contributed by atoms with Crippen LogP contribution >= 0.6 is 0 Å². The Morgan fingerprint density at radius 1 is 1.00 bits per heavy atom. The van der Waals surface area contributed by atoms with Crippen molar-refractivity contribution >= 4 is 11.9 Å². The maximum atomic E-state index is 10.9. The highest BCUT2D eigenvalue weighted by Crippen LogP contribution is 2.38. The highest BCUT2D eigenvalue weighted by Gasteiger charge is 2.29. The van der Waals surface area contributed by atoms with Crippen LogP contribution in [0.5, 0.6) is 0 Å². The number of fused-ring (bicyclic) bond motifs is 2. The standard InChI is InChI=1S/C13H16O4/c1-8(14)16-12-4-10-3-11(5-12)7-13(6-10)17-9(2)15/h4,7,10-11H,3,5-6H2,1-2H3. The molecular formula is C13H16O4. The van der Waals surface area contributed by atoms with E-state index in [1.807, 2.05) is 12.2 Å². The molecule has 0 aliphatic heterocycles. The van der Waals surface area contributed by atoms with Gasteiger partial charge in [-0.3, -0.25) is 9.59 Å². The van der Waals surface area contributed by atoms with E-state index in [0.717, 1.165) is 17.9 Å². The van der Waals surface area contributed by atoms with Gasteiger partial charge in [-0.15, -0.1) is 0 Å². The van der Waals surface area contributed by atoms with Crippen molar-refractivity contribution in [2.45, 2.75) is 33.1 Å². The third-order valence-corrected chi connectivity index (χ3v) is 2.93. The lowest BCUT2D eigenvalue weighted by Gasteiger charge is -2.31. The van der Waals surface area contributed by atoms with Crippen molar-refractivity contribution in [1.82, 2.24) is 0 Å². The number of allylic oxidation sites excluding steroid dienone is 4. The second-order valence-corrected chi connectivity index (χ2v) is 4.62. The molecule has 2 aliphatic carbocycles. The molecule has 0 amide bonds. The van der Waals surface area contributed by atoms with Crippen LogP contribution in [0.2, 0.25) is 0 Å². The average molecular weight is 236 g/mol. The van der Waals surface area contributed by atoms with E-state index in [0.29, 0.717) is 24.7 Å². The van der Waals surface area contributed by atoms with Gasteiger partial charge in [0.15, 0.2) is 0 Å². The van der Waals surface area contributed by atoms with E-state index in [1.165, 1.54) is 13.8 Å². The zero-order valence-electron chi connectivity index (χ0n) is 10.1. The number of ether oxygens (including phenoxy) is 2. The molecule has 0 saturated carbocycles. The molecule has 0 aromatic carbocycles. The normalized spacial score (nSPS) is 26.7. The number of rotatable bonds is 2. The Morgan fingerprint density at radius 2 is 1.41 bits per heavy atom. The molecule has 4 heteroatoms. The number of hydrogen-bond acceptors (Lipinski definition) is 4. The van der Waals surface area contributed by atoms with Gasteiger partial charge < -0.3 is 9.47 Å². The lowest BCUT2D eigenvalue weighted by atomic mass is 9.79. The van der Waals surface area contributed by atoms with Crippen LogP contribution in [0.25, 0.3) is 0 Å². The van der Waals surface area contributed by atoms with Crippen molar-refractivity contribution in [2.75, 3.05) is 0 Å². The lowest BCUT2D eigenvalue weighted by molar-refractivity contribution is -0.137. The Labute approximate surface area is 100 Å². The molecule has 0 fully saturated rings. The molecule has 2 rings (SSSR count). The minimum atomic E-state index is -0.277. The summed E-state index contributed by atoms with van der Waals surface area (Å²) in [6.45, 7) is 2.82. The first-order valence-corrected chi connectivity index (χ1v) is 5.81. The topological polar surface area (TPSA) is 52.6 Å². The molecule has 2 aliphatic rings. The maximum Gasteiger partial charge on any atom is 0.307 e. The SMILES string of the molecule is CC(=O)OC1=CC2CC(OC(C)=O)=CC(C1)C2. The summed E-state index contributed by atoms with van der Waals surface area (Å²) < 4.78 is 10.3. The molecule has 0 radical (unpaired) electrons. The van der Waals surface area contributed by atoms with Crippen molar-refractivity contribution in [2.24, 2.45) is 11.8 Å². The van der Waals surface area contributed by atoms with E-state index in [1.54, 1.807) is 0 Å². The van der Waals surface area contributed by atoms with E-state index in [-0.39, 0.29) is 11.9 Å². The third-order valence-electron chi connectivity index (χ3n) is 2.93. The van der Waals surface area contributed by atoms with Gasteiger partial charge in [0, 0.05) is 26.7 Å². The van der Waals surface area contributed by atoms with E-state index in [2.05, 4.69) is 0 Å². The summed E-state index contributed by atoms with van der Waals surface area (Å²) in [5.41, 5.74) is 0. The summed E-state index contributed by atoms with van der Waals surface area (Å²) in [7, 11) is 0. The van der Waals surface area contributed by atoms with Crippen molar-refractivity contribution < 1.29 is 19.1 Å². The molecular weight excluding hydrogens is 220 g/mol. The van der Waals surface area contributed by atoms with Gasteiger partial charge in [-0.1, -0.05) is 0 Å². The molecule has 92 valence electrons. The van der Waals surface area contributed by atoms with Crippen LogP contribution in [0.4, 0.5) is 0 Å². The van der Waals surface area contributed by atoms with E-state index < -0.39 is 0 Å². The highest BCUT2D eigenvalue weighted by atomic mass is 16.5. The lowest BCUT2D eigenvalue weighted by Crippen LogP contribution is -2.21. The van der Waals surface area contributed by atoms with Crippen molar-refractivity contribution in [3.63, 3.8) is 0 Å². The van der Waals surface area contributed by atoms with Crippen LogP contribution in [0.15, 0.2) is 23.7 Å². The Balaban J connectivity index is 2.04. The smallest absolute Gasteiger partial charge is 0.307 e. The first kappa shape index (κ1) is 11.9. The Hall–Kier alpha value is -1.58. The van der Waals surface area contributed by atoms with Gasteiger partial charge in [0.1, 0.15) is 11.5 Å². The molecule has 2 unspecified atom stereocenters. The Kier molecular flexibility index (Phi) is 3.31. The van der Waals surface area contributed by atoms with Gasteiger partial charge >= 0.3 is 11.9 Å². The minimum Gasteiger partial charge on any atom is -0.432 e. The highest BCUT2D eigenvalue weighted by molar-refractivity contribution is 5.68. The largest absolute Gasteiger partial charge is 0.432 e. The van der Waals surface area contributed by atoms with Gasteiger partial charge in [-0.25, -0.2) is 0 Å². The van der Waals surface area contributed by atoms with E-state index in [4.69, 9.17) is 9.47 Å². The van der Waals surface area contributed by atoms with Crippen LogP contribution in [-0.2, 0) is 19.1 Å². The first-order valence-electron chi connectivity index (χ1n) is 5.81. The molecule has 17 heavy (non-hydrogen) atoms. The fourth-order valence-electron chi connectivity index (χ4n) is 2.51. The van der Waals surface area contributed by atoms with Gasteiger partial charge in [0.05, 0.1) is 0 Å². The number of esters is 2. The first-order chi connectivity index (χ1) is 8.02. The van der Waals surface area contributed by atoms with E-state index in [9.17, 15) is 9.59 Å². The van der Waals surface area contributed by atoms with Gasteiger partial charge in [-0.05, 0) is 30.4 Å².